The third kappa shape index (κ3) is 5.88. The first-order valence-corrected chi connectivity index (χ1v) is 6.90. The van der Waals surface area contributed by atoms with Gasteiger partial charge in [-0.1, -0.05) is 50.6 Å². The molecule has 0 aliphatic carbocycles. The van der Waals surface area contributed by atoms with Crippen molar-refractivity contribution < 1.29 is 0 Å². The zero-order valence-electron chi connectivity index (χ0n) is 11.8. The normalized spacial score (nSPS) is 13.0. The lowest BCUT2D eigenvalue weighted by Gasteiger charge is -2.20. The highest BCUT2D eigenvalue weighted by Crippen LogP contribution is 2.12. The van der Waals surface area contributed by atoms with Crippen molar-refractivity contribution in [2.75, 3.05) is 6.54 Å². The van der Waals surface area contributed by atoms with Gasteiger partial charge in [-0.05, 0) is 44.2 Å². The summed E-state index contributed by atoms with van der Waals surface area (Å²) in [6.45, 7) is 10.1. The molecule has 0 bridgehead atoms. The average Bonchev–Trinajstić information content (AvgIpc) is 2.25. The van der Waals surface area contributed by atoms with Crippen molar-refractivity contribution in [1.29, 1.82) is 0 Å². The molecule has 1 heteroatoms. The van der Waals surface area contributed by atoms with Gasteiger partial charge in [0.05, 0.1) is 0 Å². The van der Waals surface area contributed by atoms with Crippen LogP contribution in [0.3, 0.4) is 0 Å². The molecule has 0 aliphatic rings. The van der Waals surface area contributed by atoms with Gasteiger partial charge in [-0.2, -0.15) is 0 Å². The topological polar surface area (TPSA) is 12.0 Å². The van der Waals surface area contributed by atoms with Crippen LogP contribution in [0.1, 0.15) is 44.7 Å². The molecule has 1 unspecified atom stereocenters. The number of hydrogen-bond acceptors (Lipinski definition) is 1. The monoisotopic (exact) mass is 233 g/mol. The summed E-state index contributed by atoms with van der Waals surface area (Å²) in [5.41, 5.74) is 2.82. The third-order valence-corrected chi connectivity index (χ3v) is 3.00. The Balaban J connectivity index is 2.58. The van der Waals surface area contributed by atoms with Gasteiger partial charge in [0, 0.05) is 6.04 Å². The summed E-state index contributed by atoms with van der Waals surface area (Å²) >= 11 is 0. The van der Waals surface area contributed by atoms with Gasteiger partial charge in [0.2, 0.25) is 0 Å². The highest BCUT2D eigenvalue weighted by molar-refractivity contribution is 5.23. The van der Waals surface area contributed by atoms with E-state index in [1.165, 1.54) is 24.0 Å². The summed E-state index contributed by atoms with van der Waals surface area (Å²) in [5.74, 6) is 0.758. The minimum Gasteiger partial charge on any atom is -0.314 e. The van der Waals surface area contributed by atoms with Crippen molar-refractivity contribution in [2.24, 2.45) is 5.92 Å². The number of benzene rings is 1. The first-order valence-electron chi connectivity index (χ1n) is 6.90. The van der Waals surface area contributed by atoms with Gasteiger partial charge in [-0.3, -0.25) is 0 Å². The third-order valence-electron chi connectivity index (χ3n) is 3.00. The van der Waals surface area contributed by atoms with Crippen LogP contribution in [-0.4, -0.2) is 12.6 Å². The van der Waals surface area contributed by atoms with E-state index in [0.717, 1.165) is 18.9 Å². The van der Waals surface area contributed by atoms with Crippen LogP contribution in [0.15, 0.2) is 24.3 Å². The number of rotatable bonds is 7. The van der Waals surface area contributed by atoms with Gasteiger partial charge in [-0.15, -0.1) is 0 Å². The van der Waals surface area contributed by atoms with Gasteiger partial charge in [0.25, 0.3) is 0 Å². The molecule has 1 aromatic carbocycles. The van der Waals surface area contributed by atoms with Gasteiger partial charge < -0.3 is 5.32 Å². The molecule has 0 amide bonds. The fourth-order valence-electron chi connectivity index (χ4n) is 2.28. The van der Waals surface area contributed by atoms with E-state index < -0.39 is 0 Å². The Morgan fingerprint density at radius 2 is 2.00 bits per heavy atom. The van der Waals surface area contributed by atoms with E-state index in [1.54, 1.807) is 0 Å². The average molecular weight is 233 g/mol. The van der Waals surface area contributed by atoms with Crippen LogP contribution in [0, 0.1) is 12.8 Å². The molecule has 1 aromatic rings. The van der Waals surface area contributed by atoms with Crippen LogP contribution < -0.4 is 5.32 Å². The van der Waals surface area contributed by atoms with E-state index in [-0.39, 0.29) is 0 Å². The second-order valence-corrected chi connectivity index (χ2v) is 5.47. The molecule has 96 valence electrons. The van der Waals surface area contributed by atoms with E-state index in [2.05, 4.69) is 57.3 Å². The SMILES string of the molecule is CCCNC(Cc1cccc(C)c1)CC(C)C. The van der Waals surface area contributed by atoms with Crippen LogP contribution >= 0.6 is 0 Å². The van der Waals surface area contributed by atoms with Crippen LogP contribution in [0.2, 0.25) is 0 Å². The maximum absolute atomic E-state index is 3.67. The Morgan fingerprint density at radius 1 is 1.24 bits per heavy atom. The van der Waals surface area contributed by atoms with E-state index in [0.29, 0.717) is 6.04 Å². The maximum Gasteiger partial charge on any atom is 0.0110 e. The van der Waals surface area contributed by atoms with E-state index in [1.807, 2.05) is 0 Å². The minimum absolute atomic E-state index is 0.622. The fraction of sp³-hybridized carbons (Fsp3) is 0.625. The Kier molecular flexibility index (Phi) is 6.28. The summed E-state index contributed by atoms with van der Waals surface area (Å²) in [6, 6.07) is 9.50. The minimum atomic E-state index is 0.622. The molecule has 0 heterocycles. The lowest BCUT2D eigenvalue weighted by atomic mass is 9.96. The van der Waals surface area contributed by atoms with Crippen molar-refractivity contribution in [3.8, 4) is 0 Å². The largest absolute Gasteiger partial charge is 0.314 e. The first kappa shape index (κ1) is 14.2. The van der Waals surface area contributed by atoms with Gasteiger partial charge in [0.15, 0.2) is 0 Å². The number of nitrogens with one attached hydrogen (secondary N) is 1. The summed E-state index contributed by atoms with van der Waals surface area (Å²) in [6.07, 6.45) is 3.62. The molecule has 1 nitrogen and oxygen atoms in total. The van der Waals surface area contributed by atoms with Gasteiger partial charge in [-0.25, -0.2) is 0 Å². The summed E-state index contributed by atoms with van der Waals surface area (Å²) < 4.78 is 0. The predicted molar refractivity (Wildman–Crippen MR) is 76.4 cm³/mol. The highest BCUT2D eigenvalue weighted by Gasteiger charge is 2.10. The predicted octanol–water partition coefficient (Wildman–Crippen LogP) is 3.95. The van der Waals surface area contributed by atoms with Gasteiger partial charge >= 0.3 is 0 Å². The summed E-state index contributed by atoms with van der Waals surface area (Å²) in [4.78, 5) is 0. The molecule has 0 aliphatic heterocycles. The fourth-order valence-corrected chi connectivity index (χ4v) is 2.28. The molecule has 0 saturated carbocycles. The summed E-state index contributed by atoms with van der Waals surface area (Å²) in [5, 5.41) is 3.67. The Labute approximate surface area is 107 Å². The Bertz CT molecular complexity index is 317. The number of hydrogen-bond donors (Lipinski definition) is 1. The summed E-state index contributed by atoms with van der Waals surface area (Å²) in [7, 11) is 0. The van der Waals surface area contributed by atoms with Crippen LogP contribution in [0.4, 0.5) is 0 Å². The standard InChI is InChI=1S/C16H27N/c1-5-9-17-16(10-13(2)3)12-15-8-6-7-14(4)11-15/h6-8,11,13,16-17H,5,9-10,12H2,1-4H3. The lowest BCUT2D eigenvalue weighted by molar-refractivity contribution is 0.416. The quantitative estimate of drug-likeness (QED) is 0.752. The van der Waals surface area contributed by atoms with Crippen molar-refractivity contribution >= 4 is 0 Å². The number of aryl methyl sites for hydroxylation is 1. The smallest absolute Gasteiger partial charge is 0.0110 e. The first-order chi connectivity index (χ1) is 8.11. The van der Waals surface area contributed by atoms with E-state index in [9.17, 15) is 0 Å². The zero-order chi connectivity index (χ0) is 12.7. The maximum atomic E-state index is 3.67. The second kappa shape index (κ2) is 7.50. The molecular formula is C16H27N. The van der Waals surface area contributed by atoms with Crippen LogP contribution in [0.5, 0.6) is 0 Å². The van der Waals surface area contributed by atoms with Crippen molar-refractivity contribution in [3.05, 3.63) is 35.4 Å². The van der Waals surface area contributed by atoms with Crippen molar-refractivity contribution in [3.63, 3.8) is 0 Å². The van der Waals surface area contributed by atoms with E-state index in [4.69, 9.17) is 0 Å². The van der Waals surface area contributed by atoms with Gasteiger partial charge in [0.1, 0.15) is 0 Å². The molecule has 0 fully saturated rings. The molecule has 0 aromatic heterocycles. The zero-order valence-corrected chi connectivity index (χ0v) is 11.8. The molecule has 0 radical (unpaired) electrons. The molecular weight excluding hydrogens is 206 g/mol. The molecule has 17 heavy (non-hydrogen) atoms. The van der Waals surface area contributed by atoms with Crippen LogP contribution in [-0.2, 0) is 6.42 Å². The van der Waals surface area contributed by atoms with Crippen molar-refractivity contribution in [1.82, 2.24) is 5.32 Å². The molecule has 1 N–H and O–H groups in total. The highest BCUT2D eigenvalue weighted by atomic mass is 14.9. The Morgan fingerprint density at radius 3 is 2.59 bits per heavy atom. The van der Waals surface area contributed by atoms with Crippen LogP contribution in [0.25, 0.3) is 0 Å². The molecule has 0 spiro atoms. The Hall–Kier alpha value is -0.820. The van der Waals surface area contributed by atoms with Crippen molar-refractivity contribution in [2.45, 2.75) is 53.0 Å². The van der Waals surface area contributed by atoms with E-state index >= 15 is 0 Å². The lowest BCUT2D eigenvalue weighted by Crippen LogP contribution is -2.33. The molecule has 0 saturated heterocycles. The molecule has 1 atom stereocenters. The molecule has 1 rings (SSSR count). The second-order valence-electron chi connectivity index (χ2n) is 5.47.